The fourth-order valence-electron chi connectivity index (χ4n) is 2.07. The van der Waals surface area contributed by atoms with E-state index in [0.717, 1.165) is 21.7 Å². The van der Waals surface area contributed by atoms with Crippen LogP contribution >= 0.6 is 12.6 Å². The van der Waals surface area contributed by atoms with Crippen LogP contribution in [0.4, 0.5) is 5.69 Å². The molecule has 0 aromatic heterocycles. The molecule has 1 amide bonds. The van der Waals surface area contributed by atoms with Gasteiger partial charge in [-0.15, -0.1) is 12.6 Å². The summed E-state index contributed by atoms with van der Waals surface area (Å²) in [5, 5.41) is 0. The minimum absolute atomic E-state index is 0.0114. The van der Waals surface area contributed by atoms with Crippen molar-refractivity contribution in [1.82, 2.24) is 0 Å². The van der Waals surface area contributed by atoms with Crippen LogP contribution in [0, 0.1) is 13.8 Å². The molecule has 0 unspecified atom stereocenters. The fourth-order valence-corrected chi connectivity index (χ4v) is 2.27. The molecule has 98 valence electrons. The zero-order chi connectivity index (χ0) is 14.0. The van der Waals surface area contributed by atoms with Crippen molar-refractivity contribution >= 4 is 24.2 Å². The van der Waals surface area contributed by atoms with Gasteiger partial charge in [0.25, 0.3) is 5.91 Å². The lowest BCUT2D eigenvalue weighted by Gasteiger charge is -2.20. The molecule has 19 heavy (non-hydrogen) atoms. The van der Waals surface area contributed by atoms with Gasteiger partial charge in [-0.05, 0) is 43.2 Å². The highest BCUT2D eigenvalue weighted by molar-refractivity contribution is 7.80. The van der Waals surface area contributed by atoms with E-state index in [-0.39, 0.29) is 5.91 Å². The number of rotatable bonds is 2. The quantitative estimate of drug-likeness (QED) is 0.822. The van der Waals surface area contributed by atoms with E-state index in [1.165, 1.54) is 0 Å². The summed E-state index contributed by atoms with van der Waals surface area (Å²) in [5.74, 6) is -0.0114. The van der Waals surface area contributed by atoms with Crippen molar-refractivity contribution < 1.29 is 4.79 Å². The average molecular weight is 271 g/mol. The van der Waals surface area contributed by atoms with E-state index in [0.29, 0.717) is 5.56 Å². The SMILES string of the molecule is Cc1ccc(S)cc1C(=O)N(C)c1ccccc1C. The van der Waals surface area contributed by atoms with Crippen LogP contribution in [-0.2, 0) is 0 Å². The molecule has 0 bridgehead atoms. The number of nitrogens with zero attached hydrogens (tertiary/aromatic N) is 1. The van der Waals surface area contributed by atoms with Gasteiger partial charge in [-0.3, -0.25) is 4.79 Å². The van der Waals surface area contributed by atoms with Crippen LogP contribution in [0.25, 0.3) is 0 Å². The van der Waals surface area contributed by atoms with Gasteiger partial charge in [-0.1, -0.05) is 24.3 Å². The number of benzene rings is 2. The Labute approximate surface area is 119 Å². The van der Waals surface area contributed by atoms with Crippen LogP contribution in [0.3, 0.4) is 0 Å². The molecule has 0 N–H and O–H groups in total. The number of hydrogen-bond donors (Lipinski definition) is 1. The molecule has 0 aliphatic heterocycles. The third kappa shape index (κ3) is 2.82. The van der Waals surface area contributed by atoms with Crippen LogP contribution in [0.5, 0.6) is 0 Å². The summed E-state index contributed by atoms with van der Waals surface area (Å²) in [6, 6.07) is 13.5. The molecule has 2 aromatic carbocycles. The molecular formula is C16H17NOS. The summed E-state index contributed by atoms with van der Waals surface area (Å²) in [6.45, 7) is 3.94. The first-order valence-electron chi connectivity index (χ1n) is 6.14. The van der Waals surface area contributed by atoms with Gasteiger partial charge < -0.3 is 4.90 Å². The lowest BCUT2D eigenvalue weighted by Crippen LogP contribution is -2.27. The largest absolute Gasteiger partial charge is 0.311 e. The topological polar surface area (TPSA) is 20.3 Å². The van der Waals surface area contributed by atoms with E-state index < -0.39 is 0 Å². The number of amides is 1. The average Bonchev–Trinajstić information content (AvgIpc) is 2.40. The van der Waals surface area contributed by atoms with E-state index in [2.05, 4.69) is 12.6 Å². The van der Waals surface area contributed by atoms with Gasteiger partial charge in [0.1, 0.15) is 0 Å². The van der Waals surface area contributed by atoms with Gasteiger partial charge in [-0.25, -0.2) is 0 Å². The molecular weight excluding hydrogens is 254 g/mol. The summed E-state index contributed by atoms with van der Waals surface area (Å²) in [5.41, 5.74) is 3.66. The number of thiol groups is 1. The van der Waals surface area contributed by atoms with E-state index in [9.17, 15) is 4.79 Å². The Bertz CT molecular complexity index is 622. The van der Waals surface area contributed by atoms with Gasteiger partial charge in [0.05, 0.1) is 0 Å². The van der Waals surface area contributed by atoms with E-state index in [1.807, 2.05) is 56.3 Å². The van der Waals surface area contributed by atoms with Crippen molar-refractivity contribution in [2.24, 2.45) is 0 Å². The van der Waals surface area contributed by atoms with Gasteiger partial charge in [0.2, 0.25) is 0 Å². The van der Waals surface area contributed by atoms with Crippen molar-refractivity contribution in [3.05, 3.63) is 59.2 Å². The highest BCUT2D eigenvalue weighted by Crippen LogP contribution is 2.22. The third-order valence-corrected chi connectivity index (χ3v) is 3.51. The predicted molar refractivity (Wildman–Crippen MR) is 82.3 cm³/mol. The first-order chi connectivity index (χ1) is 9.00. The van der Waals surface area contributed by atoms with Crippen LogP contribution in [0.2, 0.25) is 0 Å². The molecule has 2 aromatic rings. The molecule has 2 nitrogen and oxygen atoms in total. The molecule has 0 atom stereocenters. The number of hydrogen-bond acceptors (Lipinski definition) is 2. The number of aryl methyl sites for hydroxylation is 2. The number of carbonyl (C=O) groups excluding carboxylic acids is 1. The first-order valence-corrected chi connectivity index (χ1v) is 6.58. The highest BCUT2D eigenvalue weighted by atomic mass is 32.1. The molecule has 0 aliphatic rings. The maximum atomic E-state index is 12.6. The summed E-state index contributed by atoms with van der Waals surface area (Å²) in [6.07, 6.45) is 0. The lowest BCUT2D eigenvalue weighted by molar-refractivity contribution is 0.0992. The van der Waals surface area contributed by atoms with Crippen molar-refractivity contribution in [1.29, 1.82) is 0 Å². The van der Waals surface area contributed by atoms with Crippen molar-refractivity contribution in [2.45, 2.75) is 18.7 Å². The maximum absolute atomic E-state index is 12.6. The molecule has 0 heterocycles. The molecule has 2 rings (SSSR count). The van der Waals surface area contributed by atoms with E-state index in [1.54, 1.807) is 11.9 Å². The molecule has 0 saturated carbocycles. The van der Waals surface area contributed by atoms with Crippen molar-refractivity contribution in [3.8, 4) is 0 Å². The van der Waals surface area contributed by atoms with Gasteiger partial charge in [0.15, 0.2) is 0 Å². The van der Waals surface area contributed by atoms with Crippen LogP contribution in [0.1, 0.15) is 21.5 Å². The Balaban J connectivity index is 2.39. The zero-order valence-corrected chi connectivity index (χ0v) is 12.2. The Hall–Kier alpha value is -1.74. The third-order valence-electron chi connectivity index (χ3n) is 3.23. The molecule has 0 radical (unpaired) electrons. The zero-order valence-electron chi connectivity index (χ0n) is 11.3. The van der Waals surface area contributed by atoms with Crippen LogP contribution in [-0.4, -0.2) is 13.0 Å². The maximum Gasteiger partial charge on any atom is 0.258 e. The minimum Gasteiger partial charge on any atom is -0.311 e. The molecule has 0 aliphatic carbocycles. The summed E-state index contributed by atoms with van der Waals surface area (Å²) in [7, 11) is 1.80. The van der Waals surface area contributed by atoms with Crippen LogP contribution < -0.4 is 4.90 Å². The van der Waals surface area contributed by atoms with Crippen molar-refractivity contribution in [3.63, 3.8) is 0 Å². The number of para-hydroxylation sites is 1. The summed E-state index contributed by atoms with van der Waals surface area (Å²) >= 11 is 4.30. The molecule has 0 spiro atoms. The Morgan fingerprint density at radius 1 is 1.05 bits per heavy atom. The molecule has 3 heteroatoms. The van der Waals surface area contributed by atoms with Crippen molar-refractivity contribution in [2.75, 3.05) is 11.9 Å². The second kappa shape index (κ2) is 5.49. The van der Waals surface area contributed by atoms with Gasteiger partial charge in [-0.2, -0.15) is 0 Å². The number of anilines is 1. The lowest BCUT2D eigenvalue weighted by atomic mass is 10.1. The van der Waals surface area contributed by atoms with E-state index in [4.69, 9.17) is 0 Å². The summed E-state index contributed by atoms with van der Waals surface area (Å²) in [4.78, 5) is 15.0. The number of carbonyl (C=O) groups is 1. The molecule has 0 fully saturated rings. The predicted octanol–water partition coefficient (Wildman–Crippen LogP) is 3.87. The fraction of sp³-hybridized carbons (Fsp3) is 0.188. The van der Waals surface area contributed by atoms with Gasteiger partial charge >= 0.3 is 0 Å². The highest BCUT2D eigenvalue weighted by Gasteiger charge is 2.16. The summed E-state index contributed by atoms with van der Waals surface area (Å²) < 4.78 is 0. The second-order valence-corrected chi connectivity index (χ2v) is 5.17. The van der Waals surface area contributed by atoms with Gasteiger partial charge in [0, 0.05) is 23.2 Å². The minimum atomic E-state index is -0.0114. The monoisotopic (exact) mass is 271 g/mol. The second-order valence-electron chi connectivity index (χ2n) is 4.65. The van der Waals surface area contributed by atoms with Crippen LogP contribution in [0.15, 0.2) is 47.4 Å². The Kier molecular flexibility index (Phi) is 3.96. The Morgan fingerprint density at radius 3 is 2.42 bits per heavy atom. The standard InChI is InChI=1S/C16H17NOS/c1-11-8-9-13(19)10-14(11)16(18)17(3)15-7-5-4-6-12(15)2/h4-10,19H,1-3H3. The van der Waals surface area contributed by atoms with E-state index >= 15 is 0 Å². The molecule has 0 saturated heterocycles. The first kappa shape index (κ1) is 13.7. The Morgan fingerprint density at radius 2 is 1.74 bits per heavy atom. The normalized spacial score (nSPS) is 10.3. The smallest absolute Gasteiger partial charge is 0.258 e.